The molecule has 1 atom stereocenters. The number of benzene rings is 1. The summed E-state index contributed by atoms with van der Waals surface area (Å²) in [7, 11) is 0. The van der Waals surface area contributed by atoms with Crippen LogP contribution in [-0.4, -0.2) is 30.9 Å². The molecule has 5 heteroatoms. The highest BCUT2D eigenvalue weighted by molar-refractivity contribution is 7.81. The van der Waals surface area contributed by atoms with E-state index in [2.05, 4.69) is 12.6 Å². The minimum Gasteiger partial charge on any atom is -0.490 e. The van der Waals surface area contributed by atoms with E-state index >= 15 is 0 Å². The third-order valence-corrected chi connectivity index (χ3v) is 3.49. The Bertz CT molecular complexity index is 477. The Kier molecular flexibility index (Phi) is 3.07. The Hall–Kier alpha value is -1.36. The van der Waals surface area contributed by atoms with Crippen LogP contribution in [0.4, 0.5) is 5.69 Å². The first-order valence-corrected chi connectivity index (χ1v) is 6.64. The van der Waals surface area contributed by atoms with Crippen LogP contribution >= 0.6 is 12.6 Å². The van der Waals surface area contributed by atoms with E-state index in [1.54, 1.807) is 4.90 Å². The predicted molar refractivity (Wildman–Crippen MR) is 71.8 cm³/mol. The largest absolute Gasteiger partial charge is 0.490 e. The van der Waals surface area contributed by atoms with Crippen LogP contribution in [-0.2, 0) is 4.79 Å². The van der Waals surface area contributed by atoms with E-state index in [9.17, 15) is 4.79 Å². The summed E-state index contributed by atoms with van der Waals surface area (Å²) in [5.41, 5.74) is 0.862. The van der Waals surface area contributed by atoms with E-state index in [-0.39, 0.29) is 11.2 Å². The lowest BCUT2D eigenvalue weighted by molar-refractivity contribution is -0.117. The van der Waals surface area contributed by atoms with Gasteiger partial charge in [-0.25, -0.2) is 0 Å². The summed E-state index contributed by atoms with van der Waals surface area (Å²) < 4.78 is 11.2. The number of ether oxygens (including phenoxy) is 2. The standard InChI is InChI=1S/C13H15NO3S/c15-13-7-10(18)8-14(13)9-2-3-11-12(6-9)17-5-1-4-16-11/h2-3,6,10,18H,1,4-5,7-8H2. The monoisotopic (exact) mass is 265 g/mol. The topological polar surface area (TPSA) is 38.8 Å². The molecule has 3 rings (SSSR count). The van der Waals surface area contributed by atoms with Gasteiger partial charge in [0.25, 0.3) is 0 Å². The molecule has 4 nitrogen and oxygen atoms in total. The lowest BCUT2D eigenvalue weighted by atomic mass is 10.2. The molecule has 0 bridgehead atoms. The maximum absolute atomic E-state index is 11.8. The minimum atomic E-state index is 0.115. The van der Waals surface area contributed by atoms with Gasteiger partial charge in [-0.3, -0.25) is 4.79 Å². The second-order valence-electron chi connectivity index (χ2n) is 4.54. The maximum Gasteiger partial charge on any atom is 0.228 e. The molecule has 0 N–H and O–H groups in total. The SMILES string of the molecule is O=C1CC(S)CN1c1ccc2c(c1)OCCCO2. The van der Waals surface area contributed by atoms with Crippen LogP contribution in [0.3, 0.4) is 0 Å². The van der Waals surface area contributed by atoms with Crippen LogP contribution in [0, 0.1) is 0 Å². The molecule has 18 heavy (non-hydrogen) atoms. The molecule has 0 aromatic heterocycles. The van der Waals surface area contributed by atoms with Crippen LogP contribution in [0.1, 0.15) is 12.8 Å². The maximum atomic E-state index is 11.8. The van der Waals surface area contributed by atoms with Gasteiger partial charge in [-0.05, 0) is 12.1 Å². The van der Waals surface area contributed by atoms with Gasteiger partial charge in [-0.15, -0.1) is 0 Å². The number of carbonyl (C=O) groups excluding carboxylic acids is 1. The van der Waals surface area contributed by atoms with Gasteiger partial charge in [0, 0.05) is 36.4 Å². The van der Waals surface area contributed by atoms with Crippen LogP contribution in [0.2, 0.25) is 0 Å². The van der Waals surface area contributed by atoms with Gasteiger partial charge in [0.2, 0.25) is 5.91 Å². The van der Waals surface area contributed by atoms with Crippen molar-refractivity contribution < 1.29 is 14.3 Å². The van der Waals surface area contributed by atoms with Crippen LogP contribution in [0.15, 0.2) is 18.2 Å². The lowest BCUT2D eigenvalue weighted by Gasteiger charge is -2.17. The van der Waals surface area contributed by atoms with E-state index < -0.39 is 0 Å². The molecular formula is C13H15NO3S. The highest BCUT2D eigenvalue weighted by atomic mass is 32.1. The molecule has 1 fully saturated rings. The Labute approximate surface area is 111 Å². The van der Waals surface area contributed by atoms with E-state index in [0.29, 0.717) is 26.2 Å². The molecule has 1 amide bonds. The third-order valence-electron chi connectivity index (χ3n) is 3.15. The summed E-state index contributed by atoms with van der Waals surface area (Å²) in [6.07, 6.45) is 1.38. The molecular weight excluding hydrogens is 250 g/mol. The molecule has 0 radical (unpaired) electrons. The number of amides is 1. The summed E-state index contributed by atoms with van der Waals surface area (Å²) in [6.45, 7) is 1.98. The quantitative estimate of drug-likeness (QED) is 0.788. The van der Waals surface area contributed by atoms with E-state index in [1.165, 1.54) is 0 Å². The zero-order valence-electron chi connectivity index (χ0n) is 9.96. The summed E-state index contributed by atoms with van der Waals surface area (Å²) in [5.74, 6) is 1.59. The van der Waals surface area contributed by atoms with Crippen molar-refractivity contribution in [2.24, 2.45) is 0 Å². The van der Waals surface area contributed by atoms with Crippen molar-refractivity contribution in [2.45, 2.75) is 18.1 Å². The summed E-state index contributed by atoms with van der Waals surface area (Å²) in [4.78, 5) is 13.6. The fourth-order valence-electron chi connectivity index (χ4n) is 2.26. The average Bonchev–Trinajstić information content (AvgIpc) is 2.58. The van der Waals surface area contributed by atoms with Gasteiger partial charge in [-0.2, -0.15) is 12.6 Å². The Morgan fingerprint density at radius 3 is 2.72 bits per heavy atom. The number of hydrogen-bond acceptors (Lipinski definition) is 4. The van der Waals surface area contributed by atoms with Gasteiger partial charge in [0.05, 0.1) is 13.2 Å². The molecule has 2 aliphatic rings. The first-order valence-electron chi connectivity index (χ1n) is 6.12. The number of carbonyl (C=O) groups is 1. The molecule has 1 aromatic carbocycles. The second kappa shape index (κ2) is 4.72. The summed E-state index contributed by atoms with van der Waals surface area (Å²) in [6, 6.07) is 5.65. The Morgan fingerprint density at radius 2 is 2.00 bits per heavy atom. The average molecular weight is 265 g/mol. The van der Waals surface area contributed by atoms with Crippen molar-refractivity contribution in [1.82, 2.24) is 0 Å². The van der Waals surface area contributed by atoms with Crippen LogP contribution < -0.4 is 14.4 Å². The number of thiol groups is 1. The van der Waals surface area contributed by atoms with Gasteiger partial charge in [0.15, 0.2) is 11.5 Å². The number of hydrogen-bond donors (Lipinski definition) is 1. The second-order valence-corrected chi connectivity index (χ2v) is 5.27. The fourth-order valence-corrected chi connectivity index (χ4v) is 2.58. The lowest BCUT2D eigenvalue weighted by Crippen LogP contribution is -2.24. The van der Waals surface area contributed by atoms with Crippen molar-refractivity contribution in [3.05, 3.63) is 18.2 Å². The highest BCUT2D eigenvalue weighted by Gasteiger charge is 2.29. The predicted octanol–water partition coefficient (Wildman–Crippen LogP) is 1.88. The van der Waals surface area contributed by atoms with Gasteiger partial charge >= 0.3 is 0 Å². The number of nitrogens with zero attached hydrogens (tertiary/aromatic N) is 1. The fraction of sp³-hybridized carbons (Fsp3) is 0.462. The number of anilines is 1. The third kappa shape index (κ3) is 2.14. The summed E-state index contributed by atoms with van der Waals surface area (Å²) in [5, 5.41) is 0.119. The van der Waals surface area contributed by atoms with Crippen molar-refractivity contribution in [3.63, 3.8) is 0 Å². The molecule has 0 spiro atoms. The molecule has 96 valence electrons. The minimum absolute atomic E-state index is 0.115. The molecule has 1 unspecified atom stereocenters. The molecule has 1 aromatic rings. The molecule has 1 saturated heterocycles. The smallest absolute Gasteiger partial charge is 0.228 e. The van der Waals surface area contributed by atoms with Crippen molar-refractivity contribution in [3.8, 4) is 11.5 Å². The zero-order valence-corrected chi connectivity index (χ0v) is 10.9. The van der Waals surface area contributed by atoms with Crippen LogP contribution in [0.25, 0.3) is 0 Å². The zero-order chi connectivity index (χ0) is 12.5. The highest BCUT2D eigenvalue weighted by Crippen LogP contribution is 2.35. The molecule has 0 saturated carbocycles. The Morgan fingerprint density at radius 1 is 1.22 bits per heavy atom. The first kappa shape index (κ1) is 11.7. The summed E-state index contributed by atoms with van der Waals surface area (Å²) >= 11 is 4.36. The number of fused-ring (bicyclic) bond motifs is 1. The Balaban J connectivity index is 1.90. The molecule has 2 heterocycles. The van der Waals surface area contributed by atoms with Crippen molar-refractivity contribution in [1.29, 1.82) is 0 Å². The first-order chi connectivity index (χ1) is 8.74. The van der Waals surface area contributed by atoms with Gasteiger partial charge in [0.1, 0.15) is 0 Å². The van der Waals surface area contributed by atoms with Gasteiger partial charge in [-0.1, -0.05) is 0 Å². The molecule has 2 aliphatic heterocycles. The molecule has 0 aliphatic carbocycles. The van der Waals surface area contributed by atoms with E-state index in [4.69, 9.17) is 9.47 Å². The van der Waals surface area contributed by atoms with E-state index in [1.807, 2.05) is 18.2 Å². The van der Waals surface area contributed by atoms with Gasteiger partial charge < -0.3 is 14.4 Å². The van der Waals surface area contributed by atoms with E-state index in [0.717, 1.165) is 23.6 Å². The van der Waals surface area contributed by atoms with Crippen molar-refractivity contribution >= 4 is 24.2 Å². The number of rotatable bonds is 1. The van der Waals surface area contributed by atoms with Crippen molar-refractivity contribution in [2.75, 3.05) is 24.7 Å². The normalized spacial score (nSPS) is 23.1. The van der Waals surface area contributed by atoms with Crippen LogP contribution in [0.5, 0.6) is 11.5 Å².